The first-order valence-corrected chi connectivity index (χ1v) is 9.19. The zero-order valence-electron chi connectivity index (χ0n) is 16.0. The third-order valence-electron chi connectivity index (χ3n) is 4.53. The summed E-state index contributed by atoms with van der Waals surface area (Å²) in [5.41, 5.74) is 7.59. The van der Waals surface area contributed by atoms with Crippen LogP contribution in [0.4, 0.5) is 0 Å². The normalized spacial score (nSPS) is 11.8. The van der Waals surface area contributed by atoms with Crippen molar-refractivity contribution in [2.45, 2.75) is 19.8 Å². The number of carboxylic acid groups (broad SMARTS) is 1. The van der Waals surface area contributed by atoms with Crippen LogP contribution in [0, 0.1) is 12.8 Å². The first kappa shape index (κ1) is 20.1. The summed E-state index contributed by atoms with van der Waals surface area (Å²) in [4.78, 5) is 26.8. The highest BCUT2D eigenvalue weighted by Crippen LogP contribution is 2.22. The summed E-state index contributed by atoms with van der Waals surface area (Å²) in [5, 5.41) is 9.04. The molecule has 0 bridgehead atoms. The smallest absolute Gasteiger partial charge is 0.316 e. The molecule has 1 aromatic heterocycles. The third kappa shape index (κ3) is 5.22. The summed E-state index contributed by atoms with van der Waals surface area (Å²) in [7, 11) is 0. The number of aryl methyl sites for hydroxylation is 1. The number of aliphatic carboxylic acids is 1. The maximum atomic E-state index is 11.2. The van der Waals surface area contributed by atoms with Crippen molar-refractivity contribution in [1.29, 1.82) is 0 Å². The van der Waals surface area contributed by atoms with Gasteiger partial charge in [-0.15, -0.1) is 0 Å². The van der Waals surface area contributed by atoms with Gasteiger partial charge in [0.1, 0.15) is 17.4 Å². The Labute approximate surface area is 168 Å². The second-order valence-electron chi connectivity index (χ2n) is 6.63. The van der Waals surface area contributed by atoms with Crippen LogP contribution in [0.2, 0.25) is 0 Å². The van der Waals surface area contributed by atoms with Crippen molar-refractivity contribution >= 4 is 11.9 Å². The Hall–Kier alpha value is -3.61. The van der Waals surface area contributed by atoms with Crippen LogP contribution < -0.4 is 10.5 Å². The van der Waals surface area contributed by atoms with E-state index in [1.54, 1.807) is 24.3 Å². The van der Waals surface area contributed by atoms with Crippen molar-refractivity contribution in [3.8, 4) is 17.2 Å². The number of nitrogens with two attached hydrogens (primary N) is 1. The van der Waals surface area contributed by atoms with Gasteiger partial charge in [0.25, 0.3) is 0 Å². The molecule has 0 aliphatic carbocycles. The lowest BCUT2D eigenvalue weighted by atomic mass is 9.99. The van der Waals surface area contributed by atoms with Gasteiger partial charge >= 0.3 is 5.97 Å². The number of ether oxygens (including phenoxy) is 1. The maximum Gasteiger partial charge on any atom is 0.316 e. The van der Waals surface area contributed by atoms with Gasteiger partial charge in [-0.2, -0.15) is 0 Å². The monoisotopic (exact) mass is 394 g/mol. The van der Waals surface area contributed by atoms with Crippen molar-refractivity contribution in [2.75, 3.05) is 6.61 Å². The zero-order valence-corrected chi connectivity index (χ0v) is 16.0. The predicted molar refractivity (Wildman–Crippen MR) is 106 cm³/mol. The Balaban J connectivity index is 1.55. The summed E-state index contributed by atoms with van der Waals surface area (Å²) in [6.45, 7) is 2.29. The molecule has 7 nitrogen and oxygen atoms in total. The van der Waals surface area contributed by atoms with E-state index in [1.165, 1.54) is 0 Å². The minimum atomic E-state index is -1.24. The molecule has 1 heterocycles. The summed E-state index contributed by atoms with van der Waals surface area (Å²) < 4.78 is 11.5. The van der Waals surface area contributed by atoms with E-state index in [4.69, 9.17) is 20.0 Å². The van der Waals surface area contributed by atoms with Crippen LogP contribution in [0.3, 0.4) is 0 Å². The lowest BCUT2D eigenvalue weighted by Gasteiger charge is -2.10. The molecule has 7 heteroatoms. The topological polar surface area (TPSA) is 116 Å². The molecular formula is C22H22N2O5. The fourth-order valence-corrected chi connectivity index (χ4v) is 2.90. The van der Waals surface area contributed by atoms with E-state index in [1.807, 2.05) is 37.3 Å². The Kier molecular flexibility index (Phi) is 6.29. The van der Waals surface area contributed by atoms with E-state index >= 15 is 0 Å². The van der Waals surface area contributed by atoms with Crippen LogP contribution >= 0.6 is 0 Å². The molecule has 0 saturated carbocycles. The number of hydrogen-bond acceptors (Lipinski definition) is 5. The van der Waals surface area contributed by atoms with Gasteiger partial charge < -0.3 is 20.0 Å². The molecular weight excluding hydrogens is 372 g/mol. The molecule has 3 N–H and O–H groups in total. The van der Waals surface area contributed by atoms with Crippen molar-refractivity contribution in [3.05, 3.63) is 71.6 Å². The van der Waals surface area contributed by atoms with Crippen molar-refractivity contribution in [1.82, 2.24) is 4.98 Å². The molecule has 0 saturated heterocycles. The minimum absolute atomic E-state index is 0.0470. The average molecular weight is 394 g/mol. The average Bonchev–Trinajstić information content (AvgIpc) is 3.08. The summed E-state index contributed by atoms with van der Waals surface area (Å²) in [5.74, 6) is -1.33. The molecule has 3 aromatic rings. The van der Waals surface area contributed by atoms with Gasteiger partial charge in [-0.05, 0) is 43.2 Å². The van der Waals surface area contributed by atoms with Crippen LogP contribution in [-0.2, 0) is 22.4 Å². The predicted octanol–water partition coefficient (Wildman–Crippen LogP) is 3.00. The van der Waals surface area contributed by atoms with Gasteiger partial charge in [-0.3, -0.25) is 9.59 Å². The lowest BCUT2D eigenvalue weighted by Crippen LogP contribution is -2.31. The number of aromatic nitrogens is 1. The standard InChI is InChI=1S/C22H22N2O5/c1-14-19(24-21(29-14)16-5-3-2-4-6-16)11-12-28-17-9-7-15(8-10-17)13-18(20(23)25)22(26)27/h2-10,18H,11-13H2,1H3,(H2,23,25)(H,26,27). The van der Waals surface area contributed by atoms with Crippen LogP contribution in [-0.4, -0.2) is 28.6 Å². The van der Waals surface area contributed by atoms with Crippen molar-refractivity contribution in [2.24, 2.45) is 11.7 Å². The van der Waals surface area contributed by atoms with E-state index < -0.39 is 17.8 Å². The summed E-state index contributed by atoms with van der Waals surface area (Å²) in [6, 6.07) is 16.6. The largest absolute Gasteiger partial charge is 0.493 e. The quantitative estimate of drug-likeness (QED) is 0.539. The van der Waals surface area contributed by atoms with Crippen LogP contribution in [0.25, 0.3) is 11.5 Å². The first-order chi connectivity index (χ1) is 13.9. The molecule has 29 heavy (non-hydrogen) atoms. The number of carbonyl (C=O) groups excluding carboxylic acids is 1. The molecule has 0 radical (unpaired) electrons. The van der Waals surface area contributed by atoms with Crippen molar-refractivity contribution in [3.63, 3.8) is 0 Å². The second kappa shape index (κ2) is 9.05. The first-order valence-electron chi connectivity index (χ1n) is 9.19. The van der Waals surface area contributed by atoms with Gasteiger partial charge in [-0.1, -0.05) is 30.3 Å². The molecule has 0 aliphatic rings. The fourth-order valence-electron chi connectivity index (χ4n) is 2.90. The molecule has 0 spiro atoms. The van der Waals surface area contributed by atoms with Gasteiger partial charge in [0.15, 0.2) is 0 Å². The Bertz CT molecular complexity index is 966. The van der Waals surface area contributed by atoms with E-state index in [2.05, 4.69) is 4.98 Å². The third-order valence-corrected chi connectivity index (χ3v) is 4.53. The Morgan fingerprint density at radius 3 is 2.45 bits per heavy atom. The van der Waals surface area contributed by atoms with Crippen LogP contribution in [0.5, 0.6) is 5.75 Å². The molecule has 2 aromatic carbocycles. The minimum Gasteiger partial charge on any atom is -0.493 e. The highest BCUT2D eigenvalue weighted by molar-refractivity contribution is 5.96. The summed E-state index contributed by atoms with van der Waals surface area (Å²) in [6.07, 6.45) is 0.637. The number of oxazole rings is 1. The molecule has 3 rings (SSSR count). The van der Waals surface area contributed by atoms with Crippen LogP contribution in [0.1, 0.15) is 17.0 Å². The number of primary amides is 1. The molecule has 1 atom stereocenters. The highest BCUT2D eigenvalue weighted by Gasteiger charge is 2.23. The number of hydrogen-bond donors (Lipinski definition) is 2. The lowest BCUT2D eigenvalue weighted by molar-refractivity contribution is -0.145. The van der Waals surface area contributed by atoms with Gasteiger partial charge in [0, 0.05) is 12.0 Å². The van der Waals surface area contributed by atoms with E-state index in [9.17, 15) is 9.59 Å². The SMILES string of the molecule is Cc1oc(-c2ccccc2)nc1CCOc1ccc(CC(C(N)=O)C(=O)O)cc1. The van der Waals surface area contributed by atoms with Gasteiger partial charge in [0.2, 0.25) is 11.8 Å². The van der Waals surface area contributed by atoms with E-state index in [-0.39, 0.29) is 6.42 Å². The van der Waals surface area contributed by atoms with E-state index in [0.717, 1.165) is 17.0 Å². The Morgan fingerprint density at radius 1 is 1.14 bits per heavy atom. The van der Waals surface area contributed by atoms with Gasteiger partial charge in [0.05, 0.1) is 12.3 Å². The molecule has 150 valence electrons. The number of nitrogens with zero attached hydrogens (tertiary/aromatic N) is 1. The molecule has 1 amide bonds. The number of rotatable bonds is 9. The second-order valence-corrected chi connectivity index (χ2v) is 6.63. The van der Waals surface area contributed by atoms with Crippen LogP contribution in [0.15, 0.2) is 59.0 Å². The molecule has 0 fully saturated rings. The highest BCUT2D eigenvalue weighted by atomic mass is 16.5. The zero-order chi connectivity index (χ0) is 20.8. The number of amides is 1. The number of carbonyl (C=O) groups is 2. The molecule has 0 aliphatic heterocycles. The number of carboxylic acids is 1. The van der Waals surface area contributed by atoms with Crippen molar-refractivity contribution < 1.29 is 23.8 Å². The van der Waals surface area contributed by atoms with Gasteiger partial charge in [-0.25, -0.2) is 4.98 Å². The number of benzene rings is 2. The maximum absolute atomic E-state index is 11.2. The Morgan fingerprint density at radius 2 is 1.83 bits per heavy atom. The van der Waals surface area contributed by atoms with E-state index in [0.29, 0.717) is 30.2 Å². The fraction of sp³-hybridized carbons (Fsp3) is 0.227. The summed E-state index contributed by atoms with van der Waals surface area (Å²) >= 11 is 0. The molecule has 1 unspecified atom stereocenters.